The molecule has 0 bridgehead atoms. The van der Waals surface area contributed by atoms with Crippen LogP contribution < -0.4 is 0 Å². The van der Waals surface area contributed by atoms with E-state index in [1.54, 1.807) is 12.5 Å². The SMILES string of the molecule is COC(=O)C1(C(=O)OC)CC/C(=C/c2ccoc2)C1. The maximum absolute atomic E-state index is 11.9. The lowest BCUT2D eigenvalue weighted by molar-refractivity contribution is -0.168. The molecule has 0 spiro atoms. The van der Waals surface area contributed by atoms with Crippen molar-refractivity contribution in [3.05, 3.63) is 29.7 Å². The van der Waals surface area contributed by atoms with Crippen LogP contribution in [0.5, 0.6) is 0 Å². The van der Waals surface area contributed by atoms with Crippen molar-refractivity contribution in [2.24, 2.45) is 5.41 Å². The number of carbonyl (C=O) groups is 2. The van der Waals surface area contributed by atoms with Crippen molar-refractivity contribution in [3.8, 4) is 0 Å². The van der Waals surface area contributed by atoms with Crippen LogP contribution in [0.1, 0.15) is 24.8 Å². The molecule has 0 N–H and O–H groups in total. The summed E-state index contributed by atoms with van der Waals surface area (Å²) >= 11 is 0. The number of carbonyl (C=O) groups excluding carboxylic acids is 2. The Kier molecular flexibility index (Phi) is 3.74. The molecule has 5 heteroatoms. The summed E-state index contributed by atoms with van der Waals surface area (Å²) in [6, 6.07) is 1.82. The highest BCUT2D eigenvalue weighted by atomic mass is 16.5. The molecule has 2 rings (SSSR count). The van der Waals surface area contributed by atoms with Gasteiger partial charge in [0.2, 0.25) is 0 Å². The van der Waals surface area contributed by atoms with Gasteiger partial charge in [-0.3, -0.25) is 9.59 Å². The second-order valence-electron chi connectivity index (χ2n) is 4.60. The molecule has 0 saturated heterocycles. The molecule has 0 aliphatic heterocycles. The van der Waals surface area contributed by atoms with Gasteiger partial charge in [0.1, 0.15) is 0 Å². The van der Waals surface area contributed by atoms with E-state index in [0.29, 0.717) is 19.3 Å². The number of furan rings is 1. The summed E-state index contributed by atoms with van der Waals surface area (Å²) in [5.74, 6) is -1.06. The lowest BCUT2D eigenvalue weighted by atomic mass is 9.86. The van der Waals surface area contributed by atoms with Crippen molar-refractivity contribution >= 4 is 18.0 Å². The Bertz CT molecular complexity index is 482. The Morgan fingerprint density at radius 2 is 2.00 bits per heavy atom. The Morgan fingerprint density at radius 1 is 1.32 bits per heavy atom. The van der Waals surface area contributed by atoms with E-state index in [1.165, 1.54) is 14.2 Å². The van der Waals surface area contributed by atoms with Crippen LogP contribution in [0, 0.1) is 5.41 Å². The Morgan fingerprint density at radius 3 is 2.53 bits per heavy atom. The molecule has 0 unspecified atom stereocenters. The molecule has 0 radical (unpaired) electrons. The van der Waals surface area contributed by atoms with Crippen molar-refractivity contribution in [2.45, 2.75) is 19.3 Å². The maximum atomic E-state index is 11.9. The number of allylic oxidation sites excluding steroid dienone is 1. The standard InChI is InChI=1S/C14H16O5/c1-17-12(15)14(13(16)18-2)5-3-10(8-14)7-11-4-6-19-9-11/h4,6-7,9H,3,5,8H2,1-2H3/b10-7-. The smallest absolute Gasteiger partial charge is 0.323 e. The lowest BCUT2D eigenvalue weighted by Gasteiger charge is -2.22. The molecule has 1 aliphatic rings. The molecular weight excluding hydrogens is 248 g/mol. The van der Waals surface area contributed by atoms with E-state index >= 15 is 0 Å². The monoisotopic (exact) mass is 264 g/mol. The fourth-order valence-corrected chi connectivity index (χ4v) is 2.48. The van der Waals surface area contributed by atoms with Gasteiger partial charge in [-0.15, -0.1) is 0 Å². The first kappa shape index (κ1) is 13.4. The third kappa shape index (κ3) is 2.41. The number of hydrogen-bond donors (Lipinski definition) is 0. The Balaban J connectivity index is 2.25. The average molecular weight is 264 g/mol. The summed E-state index contributed by atoms with van der Waals surface area (Å²) in [5.41, 5.74) is 0.733. The van der Waals surface area contributed by atoms with Crippen molar-refractivity contribution in [1.82, 2.24) is 0 Å². The third-order valence-corrected chi connectivity index (χ3v) is 3.47. The van der Waals surface area contributed by atoms with Crippen molar-refractivity contribution in [3.63, 3.8) is 0 Å². The number of esters is 2. The molecule has 1 saturated carbocycles. The molecule has 1 heterocycles. The normalized spacial score (nSPS) is 19.4. The van der Waals surface area contributed by atoms with Gasteiger partial charge < -0.3 is 13.9 Å². The Hall–Kier alpha value is -2.04. The van der Waals surface area contributed by atoms with Gasteiger partial charge in [-0.25, -0.2) is 0 Å². The molecule has 102 valence electrons. The van der Waals surface area contributed by atoms with Gasteiger partial charge in [0, 0.05) is 5.56 Å². The van der Waals surface area contributed by atoms with Gasteiger partial charge in [0.05, 0.1) is 26.7 Å². The predicted octanol–water partition coefficient (Wildman–Crippen LogP) is 2.18. The number of ether oxygens (including phenoxy) is 2. The number of methoxy groups -OCH3 is 2. The van der Waals surface area contributed by atoms with Gasteiger partial charge >= 0.3 is 11.9 Å². The van der Waals surface area contributed by atoms with E-state index in [4.69, 9.17) is 13.9 Å². The van der Waals surface area contributed by atoms with Gasteiger partial charge in [-0.05, 0) is 25.3 Å². The highest BCUT2D eigenvalue weighted by molar-refractivity contribution is 6.01. The van der Waals surface area contributed by atoms with Crippen LogP contribution in [0.4, 0.5) is 0 Å². The topological polar surface area (TPSA) is 65.7 Å². The largest absolute Gasteiger partial charge is 0.472 e. The highest BCUT2D eigenvalue weighted by Gasteiger charge is 2.51. The molecule has 0 amide bonds. The quantitative estimate of drug-likeness (QED) is 0.618. The zero-order valence-corrected chi connectivity index (χ0v) is 11.0. The molecule has 5 nitrogen and oxygen atoms in total. The summed E-state index contributed by atoms with van der Waals surface area (Å²) in [6.45, 7) is 0. The van der Waals surface area contributed by atoms with Gasteiger partial charge in [-0.2, -0.15) is 0 Å². The van der Waals surface area contributed by atoms with E-state index in [1.807, 2.05) is 12.1 Å². The Labute approximate surface area is 111 Å². The minimum absolute atomic E-state index is 0.331. The van der Waals surface area contributed by atoms with Crippen LogP contribution >= 0.6 is 0 Å². The van der Waals surface area contributed by atoms with E-state index in [9.17, 15) is 9.59 Å². The van der Waals surface area contributed by atoms with Crippen LogP contribution in [0.3, 0.4) is 0 Å². The fourth-order valence-electron chi connectivity index (χ4n) is 2.48. The summed E-state index contributed by atoms with van der Waals surface area (Å²) in [4.78, 5) is 23.8. The molecule has 1 aromatic rings. The van der Waals surface area contributed by atoms with E-state index < -0.39 is 17.4 Å². The minimum Gasteiger partial charge on any atom is -0.472 e. The zero-order chi connectivity index (χ0) is 13.9. The second kappa shape index (κ2) is 5.30. The first-order valence-electron chi connectivity index (χ1n) is 6.01. The third-order valence-electron chi connectivity index (χ3n) is 3.47. The van der Waals surface area contributed by atoms with Crippen molar-refractivity contribution in [1.29, 1.82) is 0 Å². The number of rotatable bonds is 3. The van der Waals surface area contributed by atoms with Crippen LogP contribution in [0.15, 0.2) is 28.6 Å². The maximum Gasteiger partial charge on any atom is 0.323 e. The molecule has 1 aliphatic carbocycles. The summed E-state index contributed by atoms with van der Waals surface area (Å²) in [7, 11) is 2.57. The zero-order valence-electron chi connectivity index (χ0n) is 11.0. The number of hydrogen-bond acceptors (Lipinski definition) is 5. The van der Waals surface area contributed by atoms with Crippen LogP contribution in [-0.4, -0.2) is 26.2 Å². The van der Waals surface area contributed by atoms with E-state index in [-0.39, 0.29) is 0 Å². The molecule has 1 aromatic heterocycles. The second-order valence-corrected chi connectivity index (χ2v) is 4.60. The average Bonchev–Trinajstić information content (AvgIpc) is 3.07. The van der Waals surface area contributed by atoms with E-state index in [2.05, 4.69) is 0 Å². The fraction of sp³-hybridized carbons (Fsp3) is 0.429. The summed E-state index contributed by atoms with van der Waals surface area (Å²) in [6.07, 6.45) is 6.53. The first-order valence-corrected chi connectivity index (χ1v) is 6.01. The van der Waals surface area contributed by atoms with Crippen LogP contribution in [0.2, 0.25) is 0 Å². The van der Waals surface area contributed by atoms with Gasteiger partial charge in [-0.1, -0.05) is 11.6 Å². The van der Waals surface area contributed by atoms with Crippen molar-refractivity contribution in [2.75, 3.05) is 14.2 Å². The molecule has 19 heavy (non-hydrogen) atoms. The molecule has 0 atom stereocenters. The first-order chi connectivity index (χ1) is 9.12. The van der Waals surface area contributed by atoms with Crippen molar-refractivity contribution < 1.29 is 23.5 Å². The highest BCUT2D eigenvalue weighted by Crippen LogP contribution is 2.44. The van der Waals surface area contributed by atoms with Gasteiger partial charge in [0.25, 0.3) is 0 Å². The predicted molar refractivity (Wildman–Crippen MR) is 67.0 cm³/mol. The van der Waals surface area contributed by atoms with E-state index in [0.717, 1.165) is 11.1 Å². The molecular formula is C14H16O5. The minimum atomic E-state index is -1.20. The lowest BCUT2D eigenvalue weighted by Crippen LogP contribution is -2.38. The molecule has 1 fully saturated rings. The summed E-state index contributed by atoms with van der Waals surface area (Å²) < 4.78 is 14.5. The molecule has 0 aromatic carbocycles. The van der Waals surface area contributed by atoms with Crippen LogP contribution in [-0.2, 0) is 19.1 Å². The van der Waals surface area contributed by atoms with Crippen LogP contribution in [0.25, 0.3) is 6.08 Å². The summed E-state index contributed by atoms with van der Waals surface area (Å²) in [5, 5.41) is 0. The van der Waals surface area contributed by atoms with Gasteiger partial charge in [0.15, 0.2) is 5.41 Å².